The summed E-state index contributed by atoms with van der Waals surface area (Å²) in [4.78, 5) is 0. The maximum Gasteiger partial charge on any atom is 0.0724 e. The molecule has 3 unspecified atom stereocenters. The molecule has 1 radical (unpaired) electrons. The number of benzene rings is 1. The van der Waals surface area contributed by atoms with E-state index in [1.54, 1.807) is 0 Å². The first-order valence-electron chi connectivity index (χ1n) is 6.85. The highest BCUT2D eigenvalue weighted by molar-refractivity contribution is 5.22. The number of hydrogen-bond acceptors (Lipinski definition) is 1. The molecule has 17 heavy (non-hydrogen) atoms. The summed E-state index contributed by atoms with van der Waals surface area (Å²) in [5.41, 5.74) is 1.55. The van der Waals surface area contributed by atoms with Crippen molar-refractivity contribution in [3.05, 3.63) is 41.8 Å². The van der Waals surface area contributed by atoms with Gasteiger partial charge in [0, 0.05) is 0 Å². The van der Waals surface area contributed by atoms with Crippen molar-refractivity contribution in [2.24, 2.45) is 11.8 Å². The van der Waals surface area contributed by atoms with Crippen LogP contribution in [0.3, 0.4) is 0 Å². The minimum absolute atomic E-state index is 0.233. The lowest BCUT2D eigenvalue weighted by Gasteiger charge is -2.38. The molecule has 0 heterocycles. The summed E-state index contributed by atoms with van der Waals surface area (Å²) in [7, 11) is 0. The van der Waals surface area contributed by atoms with Gasteiger partial charge in [0.15, 0.2) is 0 Å². The topological polar surface area (TPSA) is 9.23 Å². The zero-order valence-corrected chi connectivity index (χ0v) is 10.2. The molecule has 0 aromatic heterocycles. The highest BCUT2D eigenvalue weighted by atomic mass is 16.5. The van der Waals surface area contributed by atoms with Crippen LogP contribution in [0.4, 0.5) is 0 Å². The Kier molecular flexibility index (Phi) is 2.14. The van der Waals surface area contributed by atoms with Gasteiger partial charge in [-0.2, -0.15) is 0 Å². The largest absolute Gasteiger partial charge is 0.370 e. The SMILES string of the molecule is c1ccc(COC23C[C]4CC(CC4C2)C3)cc1. The molecule has 1 heteroatoms. The molecule has 0 amide bonds. The van der Waals surface area contributed by atoms with Crippen molar-refractivity contribution in [3.8, 4) is 0 Å². The van der Waals surface area contributed by atoms with E-state index in [9.17, 15) is 0 Å². The fourth-order valence-electron chi connectivity index (χ4n) is 4.39. The van der Waals surface area contributed by atoms with Crippen LogP contribution in [-0.4, -0.2) is 5.60 Å². The first-order valence-corrected chi connectivity index (χ1v) is 6.85. The monoisotopic (exact) mass is 227 g/mol. The minimum Gasteiger partial charge on any atom is -0.370 e. The quantitative estimate of drug-likeness (QED) is 0.764. The Bertz CT molecular complexity index is 391. The van der Waals surface area contributed by atoms with E-state index in [2.05, 4.69) is 30.3 Å². The van der Waals surface area contributed by atoms with Gasteiger partial charge >= 0.3 is 0 Å². The molecule has 5 rings (SSSR count). The van der Waals surface area contributed by atoms with Crippen LogP contribution in [0.2, 0.25) is 0 Å². The highest BCUT2D eigenvalue weighted by Crippen LogP contribution is 2.62. The second-order valence-electron chi connectivity index (χ2n) is 6.20. The Morgan fingerprint density at radius 2 is 2.06 bits per heavy atom. The van der Waals surface area contributed by atoms with Gasteiger partial charge in [0.05, 0.1) is 12.2 Å². The van der Waals surface area contributed by atoms with Gasteiger partial charge in [0.25, 0.3) is 0 Å². The third kappa shape index (κ3) is 1.63. The zero-order valence-electron chi connectivity index (χ0n) is 10.2. The fraction of sp³-hybridized carbons (Fsp3) is 0.562. The highest BCUT2D eigenvalue weighted by Gasteiger charge is 2.56. The van der Waals surface area contributed by atoms with Crippen molar-refractivity contribution in [1.29, 1.82) is 0 Å². The van der Waals surface area contributed by atoms with Crippen LogP contribution in [0.1, 0.15) is 37.7 Å². The Morgan fingerprint density at radius 3 is 2.82 bits per heavy atom. The normalized spacial score (nSPS) is 39.1. The van der Waals surface area contributed by atoms with Gasteiger partial charge in [0.2, 0.25) is 0 Å². The van der Waals surface area contributed by atoms with Crippen LogP contribution in [0.15, 0.2) is 30.3 Å². The van der Waals surface area contributed by atoms with E-state index in [4.69, 9.17) is 4.74 Å². The Labute approximate surface area is 103 Å². The minimum atomic E-state index is 0.233. The summed E-state index contributed by atoms with van der Waals surface area (Å²) in [5, 5.41) is 0. The van der Waals surface area contributed by atoms with Crippen molar-refractivity contribution in [1.82, 2.24) is 0 Å². The van der Waals surface area contributed by atoms with Crippen LogP contribution in [0.25, 0.3) is 0 Å². The van der Waals surface area contributed by atoms with E-state index in [1.807, 2.05) is 5.92 Å². The summed E-state index contributed by atoms with van der Waals surface area (Å²) in [6.45, 7) is 0.799. The van der Waals surface area contributed by atoms with Gasteiger partial charge < -0.3 is 4.74 Å². The summed E-state index contributed by atoms with van der Waals surface area (Å²) in [6, 6.07) is 10.6. The second-order valence-corrected chi connectivity index (χ2v) is 6.20. The van der Waals surface area contributed by atoms with Crippen molar-refractivity contribution in [3.63, 3.8) is 0 Å². The smallest absolute Gasteiger partial charge is 0.0724 e. The van der Waals surface area contributed by atoms with Crippen molar-refractivity contribution in [2.75, 3.05) is 0 Å². The predicted molar refractivity (Wildman–Crippen MR) is 67.3 cm³/mol. The summed E-state index contributed by atoms with van der Waals surface area (Å²) in [6.07, 6.45) is 6.78. The average molecular weight is 227 g/mol. The van der Waals surface area contributed by atoms with Gasteiger partial charge in [-0.25, -0.2) is 0 Å². The molecule has 89 valence electrons. The van der Waals surface area contributed by atoms with Gasteiger partial charge in [-0.3, -0.25) is 0 Å². The molecular weight excluding hydrogens is 208 g/mol. The van der Waals surface area contributed by atoms with E-state index in [0.717, 1.165) is 18.4 Å². The molecule has 4 aliphatic carbocycles. The predicted octanol–water partition coefficient (Wildman–Crippen LogP) is 3.74. The Hall–Kier alpha value is -0.820. The molecule has 1 nitrogen and oxygen atoms in total. The summed E-state index contributed by atoms with van der Waals surface area (Å²) >= 11 is 0. The lowest BCUT2D eigenvalue weighted by atomic mass is 9.78. The van der Waals surface area contributed by atoms with Crippen LogP contribution in [-0.2, 0) is 11.3 Å². The Morgan fingerprint density at radius 1 is 1.18 bits per heavy atom. The van der Waals surface area contributed by atoms with Crippen LogP contribution < -0.4 is 0 Å². The van der Waals surface area contributed by atoms with Crippen LogP contribution >= 0.6 is 0 Å². The van der Waals surface area contributed by atoms with E-state index in [0.29, 0.717) is 0 Å². The Balaban J connectivity index is 1.47. The number of ether oxygens (including phenoxy) is 1. The van der Waals surface area contributed by atoms with Gasteiger partial charge in [0.1, 0.15) is 0 Å². The third-order valence-electron chi connectivity index (χ3n) is 4.96. The molecule has 0 aliphatic heterocycles. The van der Waals surface area contributed by atoms with Crippen LogP contribution in [0, 0.1) is 17.8 Å². The van der Waals surface area contributed by atoms with Crippen LogP contribution in [0.5, 0.6) is 0 Å². The fourth-order valence-corrected chi connectivity index (χ4v) is 4.39. The number of rotatable bonds is 3. The maximum atomic E-state index is 6.33. The second kappa shape index (κ2) is 3.58. The van der Waals surface area contributed by atoms with Crippen molar-refractivity contribution >= 4 is 0 Å². The molecule has 0 saturated heterocycles. The lowest BCUT2D eigenvalue weighted by molar-refractivity contribution is -0.0849. The lowest BCUT2D eigenvalue weighted by Crippen LogP contribution is -2.36. The van der Waals surface area contributed by atoms with E-state index < -0.39 is 0 Å². The first kappa shape index (κ1) is 10.1. The zero-order chi connectivity index (χ0) is 11.3. The summed E-state index contributed by atoms with van der Waals surface area (Å²) in [5.74, 6) is 3.70. The molecule has 0 N–H and O–H groups in total. The molecule has 3 atom stereocenters. The van der Waals surface area contributed by atoms with Crippen molar-refractivity contribution < 1.29 is 4.74 Å². The molecule has 4 saturated carbocycles. The molecule has 4 bridgehead atoms. The summed E-state index contributed by atoms with van der Waals surface area (Å²) < 4.78 is 6.33. The number of hydrogen-bond donors (Lipinski definition) is 0. The van der Waals surface area contributed by atoms with Gasteiger partial charge in [-0.15, -0.1) is 0 Å². The molecule has 0 spiro atoms. The molecule has 4 fully saturated rings. The van der Waals surface area contributed by atoms with Crippen molar-refractivity contribution in [2.45, 2.75) is 44.3 Å². The standard InChI is InChI=1S/C16H19O/c1-2-4-12(5-3-1)11-17-16-8-13-6-14(9-16)15(7-13)10-16/h1-5,13-14H,6-11H2. The van der Waals surface area contributed by atoms with E-state index >= 15 is 0 Å². The molecular formula is C16H19O. The van der Waals surface area contributed by atoms with E-state index in [-0.39, 0.29) is 5.60 Å². The van der Waals surface area contributed by atoms with Gasteiger partial charge in [-0.05, 0) is 55.4 Å². The third-order valence-corrected chi connectivity index (χ3v) is 4.96. The average Bonchev–Trinajstić information content (AvgIpc) is 2.76. The van der Waals surface area contributed by atoms with E-state index in [1.165, 1.54) is 37.7 Å². The molecule has 1 aromatic rings. The first-order chi connectivity index (χ1) is 8.33. The van der Waals surface area contributed by atoms with Gasteiger partial charge in [-0.1, -0.05) is 30.3 Å². The molecule has 4 aliphatic rings. The maximum absolute atomic E-state index is 6.33. The molecule has 1 aromatic carbocycles.